The number of fused-ring (bicyclic) bond motifs is 1. The molecule has 1 aliphatic heterocycles. The zero-order valence-electron chi connectivity index (χ0n) is 20.5. The van der Waals surface area contributed by atoms with E-state index in [2.05, 4.69) is 26.7 Å². The highest BCUT2D eigenvalue weighted by Crippen LogP contribution is 2.30. The molecule has 0 bridgehead atoms. The van der Waals surface area contributed by atoms with Gasteiger partial charge in [0.25, 0.3) is 15.9 Å². The number of nitrogens with zero attached hydrogens (tertiary/aromatic N) is 3. The van der Waals surface area contributed by atoms with Crippen LogP contribution in [-0.2, 0) is 16.6 Å². The van der Waals surface area contributed by atoms with E-state index in [0.29, 0.717) is 24.2 Å². The van der Waals surface area contributed by atoms with E-state index in [1.165, 1.54) is 18.7 Å². The Bertz CT molecular complexity index is 1510. The third-order valence-corrected chi connectivity index (χ3v) is 7.88. The van der Waals surface area contributed by atoms with Gasteiger partial charge < -0.3 is 9.64 Å². The fourth-order valence-electron chi connectivity index (χ4n) is 4.53. The number of piperazine rings is 1. The summed E-state index contributed by atoms with van der Waals surface area (Å²) in [6.07, 6.45) is 1.56. The van der Waals surface area contributed by atoms with E-state index in [0.717, 1.165) is 25.0 Å². The fraction of sp³-hybridized carbons (Fsp3) is 0.214. The number of sulfonamides is 1. The van der Waals surface area contributed by atoms with E-state index in [4.69, 9.17) is 4.74 Å². The SMILES string of the molecule is COc1cc(C(=O)N2CCN(Cc3ccccc3)CC2)ccc1NS(=O)(=O)c1cccc2cccnc12. The van der Waals surface area contributed by atoms with E-state index in [1.807, 2.05) is 35.2 Å². The summed E-state index contributed by atoms with van der Waals surface area (Å²) in [7, 11) is -2.50. The van der Waals surface area contributed by atoms with Crippen LogP contribution in [0.5, 0.6) is 5.75 Å². The van der Waals surface area contributed by atoms with Crippen molar-refractivity contribution in [3.05, 3.63) is 96.2 Å². The summed E-state index contributed by atoms with van der Waals surface area (Å²) in [5.41, 5.74) is 2.34. The van der Waals surface area contributed by atoms with Gasteiger partial charge in [0.05, 0.1) is 18.3 Å². The Morgan fingerprint density at radius 2 is 1.70 bits per heavy atom. The second kappa shape index (κ2) is 10.6. The number of carbonyl (C=O) groups is 1. The number of ether oxygens (including phenoxy) is 1. The Balaban J connectivity index is 1.29. The molecule has 0 spiro atoms. The molecule has 8 nitrogen and oxygen atoms in total. The Morgan fingerprint density at radius 1 is 0.946 bits per heavy atom. The van der Waals surface area contributed by atoms with Gasteiger partial charge in [0.2, 0.25) is 0 Å². The molecular formula is C28H28N4O4S. The largest absolute Gasteiger partial charge is 0.495 e. The fourth-order valence-corrected chi connectivity index (χ4v) is 5.79. The minimum atomic E-state index is -3.95. The van der Waals surface area contributed by atoms with Gasteiger partial charge in [-0.2, -0.15) is 0 Å². The van der Waals surface area contributed by atoms with Crippen LogP contribution in [0.2, 0.25) is 0 Å². The van der Waals surface area contributed by atoms with Crippen molar-refractivity contribution in [1.29, 1.82) is 0 Å². The van der Waals surface area contributed by atoms with E-state index in [-0.39, 0.29) is 22.2 Å². The van der Waals surface area contributed by atoms with Crippen molar-refractivity contribution in [3.63, 3.8) is 0 Å². The Kier molecular flexibility index (Phi) is 7.07. The van der Waals surface area contributed by atoms with Gasteiger partial charge in [0.1, 0.15) is 10.6 Å². The maximum atomic E-state index is 13.2. The van der Waals surface area contributed by atoms with Gasteiger partial charge in [0, 0.05) is 49.9 Å². The Hall–Kier alpha value is -3.95. The quantitative estimate of drug-likeness (QED) is 0.399. The molecule has 37 heavy (non-hydrogen) atoms. The number of carbonyl (C=O) groups excluding carboxylic acids is 1. The number of benzene rings is 3. The number of amides is 1. The van der Waals surface area contributed by atoms with Crippen LogP contribution in [0.4, 0.5) is 5.69 Å². The summed E-state index contributed by atoms with van der Waals surface area (Å²) < 4.78 is 34.5. The standard InChI is InChI=1S/C28H28N4O4S/c1-36-25-19-23(28(33)32-17-15-31(16-18-32)20-21-7-3-2-4-8-21)12-13-24(25)30-37(34,35)26-11-5-9-22-10-6-14-29-27(22)26/h2-14,19,30H,15-18,20H2,1H3. The van der Waals surface area contributed by atoms with Crippen molar-refractivity contribution in [1.82, 2.24) is 14.8 Å². The van der Waals surface area contributed by atoms with Gasteiger partial charge in [0.15, 0.2) is 0 Å². The topological polar surface area (TPSA) is 91.8 Å². The molecular weight excluding hydrogens is 488 g/mol. The summed E-state index contributed by atoms with van der Waals surface area (Å²) in [6, 6.07) is 23.6. The molecule has 190 valence electrons. The van der Waals surface area contributed by atoms with Crippen molar-refractivity contribution in [2.45, 2.75) is 11.4 Å². The van der Waals surface area contributed by atoms with Crippen LogP contribution in [0.1, 0.15) is 15.9 Å². The van der Waals surface area contributed by atoms with Crippen molar-refractivity contribution < 1.29 is 17.9 Å². The van der Waals surface area contributed by atoms with Crippen molar-refractivity contribution in [2.75, 3.05) is 38.0 Å². The minimum absolute atomic E-state index is 0.0705. The number of para-hydroxylation sites is 1. The number of anilines is 1. The lowest BCUT2D eigenvalue weighted by Gasteiger charge is -2.34. The lowest BCUT2D eigenvalue weighted by molar-refractivity contribution is 0.0628. The molecule has 1 N–H and O–H groups in total. The third-order valence-electron chi connectivity index (χ3n) is 6.49. The van der Waals surface area contributed by atoms with E-state index in [9.17, 15) is 13.2 Å². The highest BCUT2D eigenvalue weighted by Gasteiger charge is 2.24. The molecule has 1 aliphatic rings. The number of hydrogen-bond acceptors (Lipinski definition) is 6. The molecule has 0 saturated carbocycles. The van der Waals surface area contributed by atoms with Crippen LogP contribution in [0, 0.1) is 0 Å². The molecule has 0 atom stereocenters. The first-order valence-corrected chi connectivity index (χ1v) is 13.5. The average molecular weight is 517 g/mol. The summed E-state index contributed by atoms with van der Waals surface area (Å²) in [6.45, 7) is 3.67. The molecule has 1 amide bonds. The first-order chi connectivity index (χ1) is 17.9. The van der Waals surface area contributed by atoms with Crippen LogP contribution in [0.25, 0.3) is 10.9 Å². The zero-order valence-corrected chi connectivity index (χ0v) is 21.3. The number of hydrogen-bond donors (Lipinski definition) is 1. The predicted molar refractivity (Wildman–Crippen MR) is 143 cm³/mol. The smallest absolute Gasteiger partial charge is 0.264 e. The highest BCUT2D eigenvalue weighted by molar-refractivity contribution is 7.93. The lowest BCUT2D eigenvalue weighted by atomic mass is 10.1. The molecule has 0 radical (unpaired) electrons. The monoisotopic (exact) mass is 516 g/mol. The zero-order chi connectivity index (χ0) is 25.8. The Morgan fingerprint density at radius 3 is 2.46 bits per heavy atom. The third kappa shape index (κ3) is 5.42. The molecule has 1 fully saturated rings. The summed E-state index contributed by atoms with van der Waals surface area (Å²) in [5.74, 6) is 0.163. The summed E-state index contributed by atoms with van der Waals surface area (Å²) in [5, 5.41) is 0.724. The lowest BCUT2D eigenvalue weighted by Crippen LogP contribution is -2.48. The molecule has 1 aromatic heterocycles. The molecule has 9 heteroatoms. The molecule has 4 aromatic rings. The number of nitrogens with one attached hydrogen (secondary N) is 1. The second-order valence-electron chi connectivity index (χ2n) is 8.91. The molecule has 0 unspecified atom stereocenters. The van der Waals surface area contributed by atoms with Crippen molar-refractivity contribution in [3.8, 4) is 5.75 Å². The van der Waals surface area contributed by atoms with Crippen molar-refractivity contribution >= 4 is 32.5 Å². The van der Waals surface area contributed by atoms with E-state index in [1.54, 1.807) is 36.5 Å². The van der Waals surface area contributed by atoms with Crippen LogP contribution in [0.15, 0.2) is 90.0 Å². The molecule has 0 aliphatic carbocycles. The first-order valence-electron chi connectivity index (χ1n) is 12.0. The second-order valence-corrected chi connectivity index (χ2v) is 10.6. The molecule has 3 aromatic carbocycles. The van der Waals surface area contributed by atoms with Crippen LogP contribution < -0.4 is 9.46 Å². The van der Waals surface area contributed by atoms with E-state index < -0.39 is 10.0 Å². The number of methoxy groups -OCH3 is 1. The predicted octanol–water partition coefficient (Wildman–Crippen LogP) is 4.00. The van der Waals surface area contributed by atoms with Gasteiger partial charge in [-0.15, -0.1) is 0 Å². The van der Waals surface area contributed by atoms with E-state index >= 15 is 0 Å². The molecule has 1 saturated heterocycles. The summed E-state index contributed by atoms with van der Waals surface area (Å²) in [4.78, 5) is 21.7. The summed E-state index contributed by atoms with van der Waals surface area (Å²) >= 11 is 0. The molecule has 2 heterocycles. The van der Waals surface area contributed by atoms with Gasteiger partial charge in [-0.05, 0) is 35.9 Å². The van der Waals surface area contributed by atoms with Crippen molar-refractivity contribution in [2.24, 2.45) is 0 Å². The number of rotatable bonds is 7. The first kappa shape index (κ1) is 24.7. The Labute approximate surface area is 216 Å². The van der Waals surface area contributed by atoms with Gasteiger partial charge in [-0.1, -0.05) is 48.5 Å². The van der Waals surface area contributed by atoms with Gasteiger partial charge in [-0.3, -0.25) is 19.4 Å². The van der Waals surface area contributed by atoms with Crippen LogP contribution >= 0.6 is 0 Å². The highest BCUT2D eigenvalue weighted by atomic mass is 32.2. The normalized spacial score (nSPS) is 14.5. The van der Waals surface area contributed by atoms with Gasteiger partial charge in [-0.25, -0.2) is 8.42 Å². The average Bonchev–Trinajstić information content (AvgIpc) is 2.93. The number of aromatic nitrogens is 1. The maximum absolute atomic E-state index is 13.2. The van der Waals surface area contributed by atoms with Gasteiger partial charge >= 0.3 is 0 Å². The molecule has 5 rings (SSSR count). The van der Waals surface area contributed by atoms with Crippen LogP contribution in [0.3, 0.4) is 0 Å². The number of pyridine rings is 1. The minimum Gasteiger partial charge on any atom is -0.495 e. The maximum Gasteiger partial charge on any atom is 0.264 e. The van der Waals surface area contributed by atoms with Crippen LogP contribution in [-0.4, -0.2) is 62.4 Å².